The molecule has 2 aliphatic heterocycles. The van der Waals surface area contributed by atoms with Gasteiger partial charge in [-0.3, -0.25) is 15.0 Å². The molecular weight excluding hydrogens is 500 g/mol. The number of aromatic nitrogens is 1. The molecule has 2 N–H and O–H groups in total. The Kier molecular flexibility index (Phi) is 8.70. The van der Waals surface area contributed by atoms with Crippen LogP contribution in [0.5, 0.6) is 11.5 Å². The van der Waals surface area contributed by atoms with Crippen LogP contribution < -0.4 is 14.8 Å². The van der Waals surface area contributed by atoms with Crippen LogP contribution in [-0.4, -0.2) is 52.2 Å². The number of pyridine rings is 1. The third-order valence-corrected chi connectivity index (χ3v) is 5.84. The van der Waals surface area contributed by atoms with E-state index in [0.717, 1.165) is 4.90 Å². The van der Waals surface area contributed by atoms with E-state index in [2.05, 4.69) is 19.8 Å². The molecule has 4 atom stereocenters. The molecule has 1 fully saturated rings. The van der Waals surface area contributed by atoms with E-state index < -0.39 is 42.5 Å². The van der Waals surface area contributed by atoms with E-state index in [1.165, 1.54) is 24.4 Å². The van der Waals surface area contributed by atoms with Crippen LogP contribution in [0.25, 0.3) is 0 Å². The topological polar surface area (TPSA) is 110 Å². The van der Waals surface area contributed by atoms with Crippen LogP contribution in [0, 0.1) is 5.92 Å². The molecule has 3 unspecified atom stereocenters. The number of aliphatic hydroxyl groups is 1. The summed E-state index contributed by atoms with van der Waals surface area (Å²) < 4.78 is 40.5. The summed E-state index contributed by atoms with van der Waals surface area (Å²) in [6.45, 7) is 7.40. The summed E-state index contributed by atoms with van der Waals surface area (Å²) in [4.78, 5) is 30.5. The van der Waals surface area contributed by atoms with E-state index in [4.69, 9.17) is 16.3 Å². The van der Waals surface area contributed by atoms with E-state index in [-0.39, 0.29) is 24.5 Å². The highest BCUT2D eigenvalue weighted by molar-refractivity contribution is 6.29. The van der Waals surface area contributed by atoms with E-state index in [1.807, 2.05) is 13.8 Å². The molecule has 4 rings (SSSR count). The number of carbonyl (C=O) groups excluding carboxylic acids is 2. The summed E-state index contributed by atoms with van der Waals surface area (Å²) in [7, 11) is 0. The number of ether oxygens (including phenoxy) is 3. The minimum atomic E-state index is -3.75. The maximum atomic E-state index is 13.3. The summed E-state index contributed by atoms with van der Waals surface area (Å²) >= 11 is 5.80. The zero-order chi connectivity index (χ0) is 26.6. The molecule has 1 saturated heterocycles. The molecule has 0 saturated carbocycles. The maximum Gasteiger partial charge on any atom is 0.586 e. The summed E-state index contributed by atoms with van der Waals surface area (Å²) in [5.41, 5.74) is 1.19. The zero-order valence-electron chi connectivity index (χ0n) is 20.2. The molecule has 12 heteroatoms. The number of fused-ring (bicyclic) bond motifs is 1. The fraction of sp³-hybridized carbons (Fsp3) is 0.458. The van der Waals surface area contributed by atoms with Gasteiger partial charge in [0.25, 0.3) is 0 Å². The highest BCUT2D eigenvalue weighted by Crippen LogP contribution is 2.42. The molecule has 0 spiro atoms. The first kappa shape index (κ1) is 27.6. The standard InChI is InChI=1S/C22H22ClF2N3O6.C2H6/c1-3-32-20(30)18-14(8-12-4-7-17(23)26-10-12)19(29)28(18)21(31)27-11(2)13-5-6-15-16(9-13)34-22(24,25)33-15;1-2/h4-7,9-11,14,18,21,27,31H,3,8H2,1-2H3;1-2H3/t11?,14-,18?,21?;/m1./s1. The van der Waals surface area contributed by atoms with Crippen molar-refractivity contribution in [2.45, 2.75) is 58.8 Å². The lowest BCUT2D eigenvalue weighted by Gasteiger charge is -2.48. The predicted octanol–water partition coefficient (Wildman–Crippen LogP) is 3.64. The van der Waals surface area contributed by atoms with Crippen molar-refractivity contribution in [1.82, 2.24) is 15.2 Å². The Morgan fingerprint density at radius 1 is 1.28 bits per heavy atom. The second-order valence-electron chi connectivity index (χ2n) is 7.88. The van der Waals surface area contributed by atoms with Gasteiger partial charge in [0.1, 0.15) is 11.2 Å². The van der Waals surface area contributed by atoms with Crippen LogP contribution in [0.4, 0.5) is 8.78 Å². The van der Waals surface area contributed by atoms with Gasteiger partial charge < -0.3 is 19.3 Å². The summed E-state index contributed by atoms with van der Waals surface area (Å²) in [5, 5.41) is 13.8. The first-order chi connectivity index (χ1) is 17.1. The molecule has 1 aromatic carbocycles. The molecule has 1 amide bonds. The number of aliphatic hydroxyl groups excluding tert-OH is 1. The summed E-state index contributed by atoms with van der Waals surface area (Å²) in [5.74, 6) is -2.10. The van der Waals surface area contributed by atoms with Gasteiger partial charge in [-0.15, -0.1) is 8.78 Å². The van der Waals surface area contributed by atoms with Gasteiger partial charge >= 0.3 is 12.3 Å². The average Bonchev–Trinajstić information content (AvgIpc) is 3.15. The first-order valence-corrected chi connectivity index (χ1v) is 11.9. The minimum absolute atomic E-state index is 0.105. The van der Waals surface area contributed by atoms with Crippen LogP contribution in [-0.2, 0) is 20.7 Å². The molecule has 9 nitrogen and oxygen atoms in total. The van der Waals surface area contributed by atoms with Crippen LogP contribution in [0.1, 0.15) is 44.9 Å². The quantitative estimate of drug-likeness (QED) is 0.232. The molecule has 1 aromatic heterocycles. The largest absolute Gasteiger partial charge is 0.586 e. The lowest BCUT2D eigenvalue weighted by molar-refractivity contribution is -0.286. The second-order valence-corrected chi connectivity index (χ2v) is 8.27. The summed E-state index contributed by atoms with van der Waals surface area (Å²) in [6, 6.07) is 5.84. The number of halogens is 3. The Morgan fingerprint density at radius 3 is 2.61 bits per heavy atom. The van der Waals surface area contributed by atoms with E-state index >= 15 is 0 Å². The first-order valence-electron chi connectivity index (χ1n) is 11.5. The number of β-lactam (4-membered cyclic amide) rings is 1. The van der Waals surface area contributed by atoms with Gasteiger partial charge in [-0.25, -0.2) is 9.78 Å². The molecule has 3 heterocycles. The van der Waals surface area contributed by atoms with E-state index in [0.29, 0.717) is 16.3 Å². The third-order valence-electron chi connectivity index (χ3n) is 5.61. The molecule has 36 heavy (non-hydrogen) atoms. The number of alkyl halides is 2. The van der Waals surface area contributed by atoms with Crippen LogP contribution >= 0.6 is 11.6 Å². The fourth-order valence-electron chi connectivity index (χ4n) is 3.97. The Morgan fingerprint density at radius 2 is 1.97 bits per heavy atom. The van der Waals surface area contributed by atoms with Crippen LogP contribution in [0.15, 0.2) is 36.5 Å². The Balaban J connectivity index is 0.00000176. The van der Waals surface area contributed by atoms with Crippen molar-refractivity contribution in [2.75, 3.05) is 6.61 Å². The molecule has 196 valence electrons. The monoisotopic (exact) mass is 527 g/mol. The molecule has 0 radical (unpaired) electrons. The van der Waals surface area contributed by atoms with Crippen molar-refractivity contribution >= 4 is 23.5 Å². The Hall–Kier alpha value is -3.02. The molecule has 0 bridgehead atoms. The lowest BCUT2D eigenvalue weighted by atomic mass is 9.82. The number of nitrogens with zero attached hydrogens (tertiary/aromatic N) is 2. The number of hydrogen-bond donors (Lipinski definition) is 2. The predicted molar refractivity (Wildman–Crippen MR) is 125 cm³/mol. The number of hydrogen-bond acceptors (Lipinski definition) is 8. The van der Waals surface area contributed by atoms with Gasteiger partial charge in [0.15, 0.2) is 17.9 Å². The van der Waals surface area contributed by atoms with Crippen molar-refractivity contribution < 1.29 is 37.7 Å². The highest BCUT2D eigenvalue weighted by Gasteiger charge is 2.54. The third kappa shape index (κ3) is 5.85. The van der Waals surface area contributed by atoms with Crippen molar-refractivity contribution in [3.8, 4) is 11.5 Å². The van der Waals surface area contributed by atoms with E-state index in [9.17, 15) is 23.5 Å². The van der Waals surface area contributed by atoms with E-state index in [1.54, 1.807) is 26.0 Å². The van der Waals surface area contributed by atoms with Gasteiger partial charge in [0.2, 0.25) is 5.91 Å². The van der Waals surface area contributed by atoms with Crippen molar-refractivity contribution in [2.24, 2.45) is 5.92 Å². The number of rotatable bonds is 8. The zero-order valence-corrected chi connectivity index (χ0v) is 21.0. The van der Waals surface area contributed by atoms with Gasteiger partial charge in [-0.2, -0.15) is 0 Å². The molecule has 0 aliphatic carbocycles. The number of carbonyl (C=O) groups is 2. The normalized spacial score (nSPS) is 21.1. The van der Waals surface area contributed by atoms with Gasteiger partial charge in [0, 0.05) is 12.2 Å². The number of esters is 1. The SMILES string of the molecule is CC.CCOC(=O)C1[C@@H](Cc2ccc(Cl)nc2)C(=O)N1C(O)NC(C)c1ccc2c(c1)OC(F)(F)O2. The number of likely N-dealkylation sites (tertiary alicyclic amines) is 1. The fourth-order valence-corrected chi connectivity index (χ4v) is 4.08. The molecule has 2 aliphatic rings. The smallest absolute Gasteiger partial charge is 0.464 e. The van der Waals surface area contributed by atoms with Gasteiger partial charge in [-0.1, -0.05) is 37.6 Å². The lowest BCUT2D eigenvalue weighted by Crippen LogP contribution is -2.70. The molecule has 2 aromatic rings. The molecular formula is C24H28ClF2N3O6. The van der Waals surface area contributed by atoms with Crippen molar-refractivity contribution in [1.29, 1.82) is 0 Å². The number of benzene rings is 1. The van der Waals surface area contributed by atoms with Gasteiger partial charge in [-0.05, 0) is 49.6 Å². The Bertz CT molecular complexity index is 1090. The van der Waals surface area contributed by atoms with Crippen LogP contribution in [0.3, 0.4) is 0 Å². The maximum absolute atomic E-state index is 13.3. The summed E-state index contributed by atoms with van der Waals surface area (Å²) in [6.07, 6.45) is -3.56. The van der Waals surface area contributed by atoms with Gasteiger partial charge in [0.05, 0.1) is 12.5 Å². The van der Waals surface area contributed by atoms with Crippen LogP contribution in [0.2, 0.25) is 5.15 Å². The average molecular weight is 528 g/mol. The van der Waals surface area contributed by atoms with Crippen molar-refractivity contribution in [3.63, 3.8) is 0 Å². The number of nitrogens with one attached hydrogen (secondary N) is 1. The highest BCUT2D eigenvalue weighted by atomic mass is 35.5. The number of amides is 1. The Labute approximate surface area is 212 Å². The van der Waals surface area contributed by atoms with Crippen molar-refractivity contribution in [3.05, 3.63) is 52.8 Å². The second kappa shape index (κ2) is 11.4. The minimum Gasteiger partial charge on any atom is -0.464 e.